The number of hydrogen-bond acceptors (Lipinski definition) is 5. The lowest BCUT2D eigenvalue weighted by Crippen LogP contribution is -2.29. The van der Waals surface area contributed by atoms with Crippen molar-refractivity contribution in [2.45, 2.75) is 13.0 Å². The molecule has 142 valence electrons. The van der Waals surface area contributed by atoms with Crippen LogP contribution in [0.5, 0.6) is 0 Å². The van der Waals surface area contributed by atoms with Gasteiger partial charge in [0.15, 0.2) is 5.69 Å². The number of anilines is 1. The van der Waals surface area contributed by atoms with Gasteiger partial charge in [0.1, 0.15) is 5.69 Å². The quantitative estimate of drug-likeness (QED) is 0.448. The molecule has 0 saturated heterocycles. The molecule has 0 saturated carbocycles. The van der Waals surface area contributed by atoms with Crippen LogP contribution < -0.4 is 10.6 Å². The summed E-state index contributed by atoms with van der Waals surface area (Å²) in [6.45, 7) is 1.83. The first-order valence-corrected chi connectivity index (χ1v) is 8.40. The monoisotopic (exact) mass is 379 g/mol. The molecule has 0 aliphatic carbocycles. The molecule has 0 aliphatic rings. The molecule has 3 N–H and O–H groups in total. The zero-order valence-electron chi connectivity index (χ0n) is 14.9. The lowest BCUT2D eigenvalue weighted by Gasteiger charge is -2.14. The van der Waals surface area contributed by atoms with Crippen LogP contribution in [0.3, 0.4) is 0 Å². The van der Waals surface area contributed by atoms with E-state index in [4.69, 9.17) is 0 Å². The van der Waals surface area contributed by atoms with Gasteiger partial charge in [-0.15, -0.1) is 0 Å². The van der Waals surface area contributed by atoms with Crippen molar-refractivity contribution < 1.29 is 14.5 Å². The highest BCUT2D eigenvalue weighted by Gasteiger charge is 2.22. The van der Waals surface area contributed by atoms with Gasteiger partial charge in [-0.2, -0.15) is 0 Å². The molecule has 0 unspecified atom stereocenters. The molecule has 0 radical (unpaired) electrons. The van der Waals surface area contributed by atoms with Crippen LogP contribution in [0.1, 0.15) is 39.5 Å². The summed E-state index contributed by atoms with van der Waals surface area (Å²) < 4.78 is 0. The van der Waals surface area contributed by atoms with Gasteiger partial charge in [-0.3, -0.25) is 19.7 Å². The van der Waals surface area contributed by atoms with E-state index in [9.17, 15) is 19.7 Å². The number of amides is 2. The summed E-state index contributed by atoms with van der Waals surface area (Å²) >= 11 is 0. The summed E-state index contributed by atoms with van der Waals surface area (Å²) in [6, 6.07) is 14.5. The molecule has 0 bridgehead atoms. The fraction of sp³-hybridized carbons (Fsp3) is 0.105. The minimum atomic E-state index is -0.604. The molecule has 1 atom stereocenters. The Balaban J connectivity index is 1.70. The number of carbonyl (C=O) groups excluding carboxylic acids is 2. The molecule has 9 heteroatoms. The fourth-order valence-corrected chi connectivity index (χ4v) is 2.59. The molecule has 1 heterocycles. The Kier molecular flexibility index (Phi) is 5.45. The van der Waals surface area contributed by atoms with Crippen molar-refractivity contribution in [1.29, 1.82) is 0 Å². The normalized spacial score (nSPS) is 11.5. The van der Waals surface area contributed by atoms with Crippen LogP contribution in [0.25, 0.3) is 0 Å². The molecule has 2 amide bonds. The van der Waals surface area contributed by atoms with Crippen LogP contribution in [-0.2, 0) is 0 Å². The first kappa shape index (κ1) is 18.8. The second-order valence-corrected chi connectivity index (χ2v) is 5.99. The molecule has 0 spiro atoms. The van der Waals surface area contributed by atoms with Crippen molar-refractivity contribution in [2.24, 2.45) is 0 Å². The number of nitrogens with zero attached hydrogens (tertiary/aromatic N) is 2. The Hall–Kier alpha value is -4.01. The Labute approximate surface area is 160 Å². The van der Waals surface area contributed by atoms with Gasteiger partial charge in [-0.1, -0.05) is 30.3 Å². The number of nitrogens with one attached hydrogen (secondary N) is 3. The summed E-state index contributed by atoms with van der Waals surface area (Å²) in [5, 5.41) is 16.1. The van der Waals surface area contributed by atoms with E-state index < -0.39 is 16.7 Å². The minimum Gasteiger partial charge on any atom is -0.344 e. The van der Waals surface area contributed by atoms with E-state index in [-0.39, 0.29) is 23.1 Å². The Morgan fingerprint density at radius 2 is 1.75 bits per heavy atom. The first-order valence-electron chi connectivity index (χ1n) is 8.40. The number of non-ortho nitro benzene ring substituents is 1. The number of H-pyrrole nitrogens is 1. The molecule has 0 aliphatic heterocycles. The van der Waals surface area contributed by atoms with Crippen LogP contribution in [0.4, 0.5) is 11.4 Å². The number of carbonyl (C=O) groups is 2. The van der Waals surface area contributed by atoms with E-state index in [0.29, 0.717) is 5.69 Å². The van der Waals surface area contributed by atoms with Gasteiger partial charge < -0.3 is 15.6 Å². The second-order valence-electron chi connectivity index (χ2n) is 5.99. The van der Waals surface area contributed by atoms with Gasteiger partial charge in [-0.25, -0.2) is 4.98 Å². The van der Waals surface area contributed by atoms with Crippen molar-refractivity contribution in [3.63, 3.8) is 0 Å². The molecular weight excluding hydrogens is 362 g/mol. The molecule has 3 aromatic rings. The lowest BCUT2D eigenvalue weighted by molar-refractivity contribution is -0.384. The zero-order chi connectivity index (χ0) is 20.1. The van der Waals surface area contributed by atoms with Gasteiger partial charge in [0.2, 0.25) is 0 Å². The Bertz CT molecular complexity index is 999. The van der Waals surface area contributed by atoms with E-state index in [2.05, 4.69) is 20.6 Å². The summed E-state index contributed by atoms with van der Waals surface area (Å²) in [7, 11) is 0. The third-order valence-electron chi connectivity index (χ3n) is 4.06. The van der Waals surface area contributed by atoms with E-state index in [0.717, 1.165) is 5.56 Å². The van der Waals surface area contributed by atoms with Gasteiger partial charge in [0, 0.05) is 17.8 Å². The molecule has 0 fully saturated rings. The highest BCUT2D eigenvalue weighted by Crippen LogP contribution is 2.17. The number of rotatable bonds is 6. The maximum atomic E-state index is 12.5. The third-order valence-corrected chi connectivity index (χ3v) is 4.06. The predicted molar refractivity (Wildman–Crippen MR) is 102 cm³/mol. The van der Waals surface area contributed by atoms with Gasteiger partial charge in [-0.05, 0) is 24.6 Å². The maximum absolute atomic E-state index is 12.5. The van der Waals surface area contributed by atoms with E-state index >= 15 is 0 Å². The van der Waals surface area contributed by atoms with Gasteiger partial charge in [0.05, 0.1) is 17.3 Å². The molecule has 2 aromatic carbocycles. The molecule has 1 aromatic heterocycles. The van der Waals surface area contributed by atoms with E-state index in [1.807, 2.05) is 37.3 Å². The molecule has 3 rings (SSSR count). The first-order chi connectivity index (χ1) is 13.5. The third kappa shape index (κ3) is 4.21. The SMILES string of the molecule is C[C@H](NC(=O)c1[nH]cnc1C(=O)Nc1ccc([N+](=O)[O-])cc1)c1ccccc1. The number of benzene rings is 2. The number of hydrogen-bond donors (Lipinski definition) is 3. The van der Waals surface area contributed by atoms with Crippen molar-refractivity contribution in [2.75, 3.05) is 5.32 Å². The van der Waals surface area contributed by atoms with Crippen LogP contribution >= 0.6 is 0 Å². The Morgan fingerprint density at radius 1 is 1.07 bits per heavy atom. The smallest absolute Gasteiger partial charge is 0.276 e. The van der Waals surface area contributed by atoms with Gasteiger partial charge >= 0.3 is 0 Å². The summed E-state index contributed by atoms with van der Waals surface area (Å²) in [5.41, 5.74) is 1.14. The summed E-state index contributed by atoms with van der Waals surface area (Å²) in [5.74, 6) is -1.07. The highest BCUT2D eigenvalue weighted by molar-refractivity contribution is 6.10. The van der Waals surface area contributed by atoms with Crippen molar-refractivity contribution in [3.8, 4) is 0 Å². The standard InChI is InChI=1S/C19H17N5O4/c1-12(13-5-3-2-4-6-13)22-18(25)16-17(21-11-20-16)19(26)23-14-7-9-15(10-8-14)24(27)28/h2-12H,1H3,(H,20,21)(H,22,25)(H,23,26)/t12-/m0/s1. The van der Waals surface area contributed by atoms with Crippen molar-refractivity contribution in [3.05, 3.63) is 88.0 Å². The van der Waals surface area contributed by atoms with E-state index in [1.54, 1.807) is 0 Å². The largest absolute Gasteiger partial charge is 0.344 e. The van der Waals surface area contributed by atoms with E-state index in [1.165, 1.54) is 30.6 Å². The maximum Gasteiger partial charge on any atom is 0.276 e. The number of nitro groups is 1. The second kappa shape index (κ2) is 8.12. The van der Waals surface area contributed by atoms with Gasteiger partial charge in [0.25, 0.3) is 17.5 Å². The minimum absolute atomic E-state index is 0.0298. The fourth-order valence-electron chi connectivity index (χ4n) is 2.59. The predicted octanol–water partition coefficient (Wildman–Crippen LogP) is 3.06. The van der Waals surface area contributed by atoms with Crippen molar-refractivity contribution in [1.82, 2.24) is 15.3 Å². The molecule has 9 nitrogen and oxygen atoms in total. The number of aromatic amines is 1. The zero-order valence-corrected chi connectivity index (χ0v) is 14.9. The van der Waals surface area contributed by atoms with Crippen LogP contribution in [0.15, 0.2) is 60.9 Å². The Morgan fingerprint density at radius 3 is 2.39 bits per heavy atom. The topological polar surface area (TPSA) is 130 Å². The van der Waals surface area contributed by atoms with Crippen molar-refractivity contribution >= 4 is 23.2 Å². The highest BCUT2D eigenvalue weighted by atomic mass is 16.6. The van der Waals surface area contributed by atoms with Crippen LogP contribution in [0, 0.1) is 10.1 Å². The molecular formula is C19H17N5O4. The summed E-state index contributed by atoms with van der Waals surface area (Å²) in [4.78, 5) is 41.8. The van der Waals surface area contributed by atoms with Crippen LogP contribution in [0.2, 0.25) is 0 Å². The average molecular weight is 379 g/mol. The number of imidazole rings is 1. The number of aromatic nitrogens is 2. The lowest BCUT2D eigenvalue weighted by atomic mass is 10.1. The van der Waals surface area contributed by atoms with Crippen LogP contribution in [-0.4, -0.2) is 26.7 Å². The summed E-state index contributed by atoms with van der Waals surface area (Å²) in [6.07, 6.45) is 1.26. The number of nitro benzene ring substituents is 1. The average Bonchev–Trinajstić information content (AvgIpc) is 3.19. The molecule has 28 heavy (non-hydrogen) atoms.